The van der Waals surface area contributed by atoms with E-state index in [0.29, 0.717) is 0 Å². The molecule has 0 fully saturated rings. The van der Waals surface area contributed by atoms with Crippen LogP contribution < -0.4 is 10.1 Å². The monoisotopic (exact) mass is 351 g/mol. The van der Waals surface area contributed by atoms with Crippen LogP contribution in [0.2, 0.25) is 0 Å². The Morgan fingerprint density at radius 1 is 1.15 bits per heavy atom. The standard InChI is InChI=1S/C16H18BrNOS/c1-18-16(13-6-4-5-7-15(13)20-3)12-9-8-11(19-2)10-14(12)17/h4-10,16,18H,1-3H3. The first kappa shape index (κ1) is 15.4. The predicted octanol–water partition coefficient (Wildman–Crippen LogP) is 4.49. The molecule has 0 aliphatic carbocycles. The lowest BCUT2D eigenvalue weighted by atomic mass is 9.98. The molecule has 0 saturated carbocycles. The van der Waals surface area contributed by atoms with E-state index in [-0.39, 0.29) is 6.04 Å². The van der Waals surface area contributed by atoms with Crippen LogP contribution in [-0.4, -0.2) is 20.4 Å². The minimum absolute atomic E-state index is 0.152. The van der Waals surface area contributed by atoms with E-state index in [4.69, 9.17) is 4.74 Å². The minimum Gasteiger partial charge on any atom is -0.497 e. The topological polar surface area (TPSA) is 21.3 Å². The number of hydrogen-bond acceptors (Lipinski definition) is 3. The molecule has 1 unspecified atom stereocenters. The summed E-state index contributed by atoms with van der Waals surface area (Å²) >= 11 is 5.41. The first-order valence-corrected chi connectivity index (χ1v) is 8.36. The quantitative estimate of drug-likeness (QED) is 0.802. The average Bonchev–Trinajstić information content (AvgIpc) is 2.50. The highest BCUT2D eigenvalue weighted by Crippen LogP contribution is 2.34. The largest absolute Gasteiger partial charge is 0.497 e. The molecule has 1 atom stereocenters. The molecule has 0 amide bonds. The molecular formula is C16H18BrNOS. The van der Waals surface area contributed by atoms with E-state index in [1.165, 1.54) is 16.0 Å². The molecule has 20 heavy (non-hydrogen) atoms. The van der Waals surface area contributed by atoms with Gasteiger partial charge in [-0.3, -0.25) is 0 Å². The van der Waals surface area contributed by atoms with Crippen molar-refractivity contribution < 1.29 is 4.74 Å². The predicted molar refractivity (Wildman–Crippen MR) is 89.8 cm³/mol. The molecule has 0 heterocycles. The number of ether oxygens (including phenoxy) is 1. The van der Waals surface area contributed by atoms with Gasteiger partial charge in [0.05, 0.1) is 13.2 Å². The van der Waals surface area contributed by atoms with Gasteiger partial charge in [0.2, 0.25) is 0 Å². The summed E-state index contributed by atoms with van der Waals surface area (Å²) in [4.78, 5) is 1.29. The van der Waals surface area contributed by atoms with Gasteiger partial charge in [0.25, 0.3) is 0 Å². The Morgan fingerprint density at radius 3 is 2.50 bits per heavy atom. The van der Waals surface area contributed by atoms with E-state index < -0.39 is 0 Å². The first-order chi connectivity index (χ1) is 9.71. The lowest BCUT2D eigenvalue weighted by Gasteiger charge is -2.21. The maximum atomic E-state index is 5.26. The number of thioether (sulfide) groups is 1. The zero-order valence-electron chi connectivity index (χ0n) is 11.8. The molecule has 0 spiro atoms. The average molecular weight is 352 g/mol. The molecule has 2 aromatic carbocycles. The molecular weight excluding hydrogens is 334 g/mol. The number of hydrogen-bond donors (Lipinski definition) is 1. The van der Waals surface area contributed by atoms with Gasteiger partial charge in [-0.05, 0) is 42.6 Å². The van der Waals surface area contributed by atoms with Gasteiger partial charge in [0.1, 0.15) is 5.75 Å². The first-order valence-electron chi connectivity index (χ1n) is 6.35. The third kappa shape index (κ3) is 3.19. The van der Waals surface area contributed by atoms with E-state index in [1.54, 1.807) is 18.9 Å². The van der Waals surface area contributed by atoms with Crippen molar-refractivity contribution in [1.82, 2.24) is 5.32 Å². The summed E-state index contributed by atoms with van der Waals surface area (Å²) in [5.41, 5.74) is 2.49. The van der Waals surface area contributed by atoms with Crippen LogP contribution in [-0.2, 0) is 0 Å². The third-order valence-electron chi connectivity index (χ3n) is 3.26. The molecule has 0 radical (unpaired) electrons. The Hall–Kier alpha value is -0.970. The van der Waals surface area contributed by atoms with Gasteiger partial charge >= 0.3 is 0 Å². The van der Waals surface area contributed by atoms with Crippen molar-refractivity contribution >= 4 is 27.7 Å². The molecule has 0 saturated heterocycles. The lowest BCUT2D eigenvalue weighted by molar-refractivity contribution is 0.414. The molecule has 0 aliphatic heterocycles. The fourth-order valence-corrected chi connectivity index (χ4v) is 3.48. The van der Waals surface area contributed by atoms with E-state index in [1.807, 2.05) is 19.2 Å². The van der Waals surface area contributed by atoms with E-state index in [2.05, 4.69) is 57.8 Å². The number of benzene rings is 2. The number of rotatable bonds is 5. The van der Waals surface area contributed by atoms with Gasteiger partial charge in [0, 0.05) is 9.37 Å². The highest BCUT2D eigenvalue weighted by molar-refractivity contribution is 9.10. The zero-order valence-corrected chi connectivity index (χ0v) is 14.2. The molecule has 0 aliphatic rings. The SMILES string of the molecule is CNC(c1ccc(OC)cc1Br)c1ccccc1SC. The van der Waals surface area contributed by atoms with E-state index >= 15 is 0 Å². The van der Waals surface area contributed by atoms with Crippen molar-refractivity contribution in [1.29, 1.82) is 0 Å². The minimum atomic E-state index is 0.152. The van der Waals surface area contributed by atoms with Gasteiger partial charge < -0.3 is 10.1 Å². The second-order valence-electron chi connectivity index (χ2n) is 4.35. The Labute approximate surface area is 133 Å². The molecule has 0 aromatic heterocycles. The van der Waals surface area contributed by atoms with Gasteiger partial charge in [-0.25, -0.2) is 0 Å². The Bertz CT molecular complexity index is 588. The number of methoxy groups -OCH3 is 1. The van der Waals surface area contributed by atoms with Crippen LogP contribution in [0.5, 0.6) is 5.75 Å². The normalized spacial score (nSPS) is 12.2. The molecule has 4 heteroatoms. The maximum Gasteiger partial charge on any atom is 0.120 e. The van der Waals surface area contributed by atoms with Crippen LogP contribution in [0.3, 0.4) is 0 Å². The van der Waals surface area contributed by atoms with Crippen LogP contribution in [0.4, 0.5) is 0 Å². The van der Waals surface area contributed by atoms with E-state index in [9.17, 15) is 0 Å². The number of nitrogens with one attached hydrogen (secondary N) is 1. The summed E-state index contributed by atoms with van der Waals surface area (Å²) < 4.78 is 6.31. The van der Waals surface area contributed by atoms with Crippen molar-refractivity contribution in [3.8, 4) is 5.75 Å². The maximum absolute atomic E-state index is 5.26. The van der Waals surface area contributed by atoms with Crippen molar-refractivity contribution in [2.24, 2.45) is 0 Å². The zero-order chi connectivity index (χ0) is 14.5. The van der Waals surface area contributed by atoms with Crippen LogP contribution in [0.1, 0.15) is 17.2 Å². The number of halogens is 1. The highest BCUT2D eigenvalue weighted by atomic mass is 79.9. The van der Waals surface area contributed by atoms with E-state index in [0.717, 1.165) is 10.2 Å². The molecule has 2 nitrogen and oxygen atoms in total. The summed E-state index contributed by atoms with van der Waals surface area (Å²) in [5, 5.41) is 3.40. The molecule has 0 bridgehead atoms. The summed E-state index contributed by atoms with van der Waals surface area (Å²) in [6, 6.07) is 14.7. The third-order valence-corrected chi connectivity index (χ3v) is 4.76. The summed E-state index contributed by atoms with van der Waals surface area (Å²) in [5.74, 6) is 0.855. The van der Waals surface area contributed by atoms with Crippen molar-refractivity contribution in [2.45, 2.75) is 10.9 Å². The fourth-order valence-electron chi connectivity index (χ4n) is 2.25. The molecule has 2 aromatic rings. The highest BCUT2D eigenvalue weighted by Gasteiger charge is 2.18. The molecule has 1 N–H and O–H groups in total. The van der Waals surface area contributed by atoms with Gasteiger partial charge in [-0.15, -0.1) is 11.8 Å². The second kappa shape index (κ2) is 7.16. The smallest absolute Gasteiger partial charge is 0.120 e. The second-order valence-corrected chi connectivity index (χ2v) is 6.05. The Kier molecular flexibility index (Phi) is 5.52. The van der Waals surface area contributed by atoms with Crippen LogP contribution in [0.25, 0.3) is 0 Å². The van der Waals surface area contributed by atoms with Crippen molar-refractivity contribution in [2.75, 3.05) is 20.4 Å². The molecule has 106 valence electrons. The Morgan fingerprint density at radius 2 is 1.90 bits per heavy atom. The van der Waals surface area contributed by atoms with Gasteiger partial charge in [-0.2, -0.15) is 0 Å². The van der Waals surface area contributed by atoms with Crippen LogP contribution >= 0.6 is 27.7 Å². The summed E-state index contributed by atoms with van der Waals surface area (Å²) in [6.45, 7) is 0. The van der Waals surface area contributed by atoms with Gasteiger partial charge in [-0.1, -0.05) is 40.2 Å². The summed E-state index contributed by atoms with van der Waals surface area (Å²) in [7, 11) is 3.67. The van der Waals surface area contributed by atoms with Crippen LogP contribution in [0, 0.1) is 0 Å². The fraction of sp³-hybridized carbons (Fsp3) is 0.250. The lowest BCUT2D eigenvalue weighted by Crippen LogP contribution is -2.18. The molecule has 2 rings (SSSR count). The van der Waals surface area contributed by atoms with Crippen molar-refractivity contribution in [3.63, 3.8) is 0 Å². The summed E-state index contributed by atoms with van der Waals surface area (Å²) in [6.07, 6.45) is 2.11. The van der Waals surface area contributed by atoms with Crippen molar-refractivity contribution in [3.05, 3.63) is 58.1 Å². The van der Waals surface area contributed by atoms with Crippen LogP contribution in [0.15, 0.2) is 51.8 Å². The van der Waals surface area contributed by atoms with Gasteiger partial charge in [0.15, 0.2) is 0 Å². The Balaban J connectivity index is 2.47.